The smallest absolute Gasteiger partial charge is 0.234 e. The molecule has 0 bridgehead atoms. The van der Waals surface area contributed by atoms with E-state index in [4.69, 9.17) is 16.7 Å². The van der Waals surface area contributed by atoms with Gasteiger partial charge in [0, 0.05) is 10.6 Å². The van der Waals surface area contributed by atoms with E-state index in [1.165, 1.54) is 6.29 Å². The van der Waals surface area contributed by atoms with Crippen LogP contribution in [-0.4, -0.2) is 11.4 Å². The maximum atomic E-state index is 10.0. The molecule has 3 heteroatoms. The third-order valence-corrected chi connectivity index (χ3v) is 1.66. The van der Waals surface area contributed by atoms with Crippen molar-refractivity contribution in [1.82, 2.24) is 0 Å². The van der Waals surface area contributed by atoms with Crippen LogP contribution in [0, 0.1) is 0 Å². The van der Waals surface area contributed by atoms with E-state index in [2.05, 4.69) is 0 Å². The normalized spacial score (nSPS) is 12.5. The molecule has 0 fully saturated rings. The lowest BCUT2D eigenvalue weighted by Gasteiger charge is -2.03. The summed E-state index contributed by atoms with van der Waals surface area (Å²) in [5, 5.41) is 9.38. The van der Waals surface area contributed by atoms with Gasteiger partial charge in [-0.3, -0.25) is 4.79 Å². The van der Waals surface area contributed by atoms with Crippen LogP contribution < -0.4 is 0 Å². The molecule has 0 aliphatic carbocycles. The Kier molecular flexibility index (Phi) is 2.63. The molecule has 57 valence electrons. The van der Waals surface area contributed by atoms with Gasteiger partial charge in [-0.25, -0.2) is 0 Å². The molecule has 0 saturated carbocycles. The van der Waals surface area contributed by atoms with Crippen LogP contribution in [0.5, 0.6) is 0 Å². The van der Waals surface area contributed by atoms with Gasteiger partial charge >= 0.3 is 0 Å². The Balaban J connectivity index is 3.02. The molecule has 1 atom stereocenters. The van der Waals surface area contributed by atoms with Crippen molar-refractivity contribution in [3.05, 3.63) is 34.9 Å². The van der Waals surface area contributed by atoms with Gasteiger partial charge in [-0.05, 0) is 6.07 Å². The highest BCUT2D eigenvalue weighted by molar-refractivity contribution is 6.31. The van der Waals surface area contributed by atoms with E-state index in [1.807, 2.05) is 0 Å². The number of halogens is 1. The van der Waals surface area contributed by atoms with Crippen molar-refractivity contribution in [2.24, 2.45) is 0 Å². The third-order valence-electron chi connectivity index (χ3n) is 1.31. The standard InChI is InChI=1S/C8H6ClO2/c9-7-4-2-1-3-6(7)8(11)5-10/h1-4,8,11H/t8-/m1/s1. The first-order valence-corrected chi connectivity index (χ1v) is 3.43. The zero-order valence-electron chi connectivity index (χ0n) is 5.62. The van der Waals surface area contributed by atoms with E-state index in [0.717, 1.165) is 0 Å². The molecule has 1 N–H and O–H groups in total. The highest BCUT2D eigenvalue weighted by Gasteiger charge is 2.09. The highest BCUT2D eigenvalue weighted by Crippen LogP contribution is 2.20. The Hall–Kier alpha value is -0.860. The van der Waals surface area contributed by atoms with E-state index < -0.39 is 6.10 Å². The fourth-order valence-corrected chi connectivity index (χ4v) is 0.999. The maximum Gasteiger partial charge on any atom is 0.234 e. The minimum Gasteiger partial charge on any atom is -0.380 e. The number of aliphatic hydroxyl groups excluding tert-OH is 1. The molecule has 0 heterocycles. The topological polar surface area (TPSA) is 37.3 Å². The van der Waals surface area contributed by atoms with E-state index in [1.54, 1.807) is 24.3 Å². The van der Waals surface area contributed by atoms with E-state index in [9.17, 15) is 4.79 Å². The van der Waals surface area contributed by atoms with Crippen LogP contribution in [0.2, 0.25) is 5.02 Å². The number of benzene rings is 1. The van der Waals surface area contributed by atoms with Gasteiger partial charge in [0.15, 0.2) is 0 Å². The van der Waals surface area contributed by atoms with Crippen LogP contribution in [-0.2, 0) is 4.79 Å². The summed E-state index contributed by atoms with van der Waals surface area (Å²) in [5.41, 5.74) is 0.393. The minimum atomic E-state index is -1.23. The van der Waals surface area contributed by atoms with Gasteiger partial charge in [0.1, 0.15) is 6.10 Å². The molecule has 0 aliphatic heterocycles. The van der Waals surface area contributed by atoms with Crippen molar-refractivity contribution in [3.63, 3.8) is 0 Å². The first kappa shape index (κ1) is 8.24. The lowest BCUT2D eigenvalue weighted by atomic mass is 10.1. The molecule has 1 radical (unpaired) electrons. The summed E-state index contributed by atoms with van der Waals surface area (Å²) in [7, 11) is 0. The first-order chi connectivity index (χ1) is 5.25. The van der Waals surface area contributed by atoms with E-state index in [-0.39, 0.29) is 0 Å². The van der Waals surface area contributed by atoms with Crippen LogP contribution in [0.15, 0.2) is 24.3 Å². The van der Waals surface area contributed by atoms with E-state index in [0.29, 0.717) is 10.6 Å². The largest absolute Gasteiger partial charge is 0.380 e. The SMILES string of the molecule is O=[C][C@@H](O)c1ccccc1Cl. The number of hydrogen-bond donors (Lipinski definition) is 1. The third kappa shape index (κ3) is 1.79. The van der Waals surface area contributed by atoms with Gasteiger partial charge in [-0.2, -0.15) is 0 Å². The van der Waals surface area contributed by atoms with Crippen LogP contribution in [0.3, 0.4) is 0 Å². The Morgan fingerprint density at radius 3 is 2.64 bits per heavy atom. The van der Waals surface area contributed by atoms with Crippen LogP contribution in [0.25, 0.3) is 0 Å². The monoisotopic (exact) mass is 169 g/mol. The zero-order valence-corrected chi connectivity index (χ0v) is 6.38. The average molecular weight is 170 g/mol. The van der Waals surface area contributed by atoms with Crippen molar-refractivity contribution in [3.8, 4) is 0 Å². The summed E-state index contributed by atoms with van der Waals surface area (Å²) in [4.78, 5) is 10.0. The predicted octanol–water partition coefficient (Wildman–Crippen LogP) is 1.48. The summed E-state index contributed by atoms with van der Waals surface area (Å²) in [6, 6.07) is 6.61. The molecule has 0 amide bonds. The molecule has 11 heavy (non-hydrogen) atoms. The molecule has 1 aromatic carbocycles. The van der Waals surface area contributed by atoms with Gasteiger partial charge in [0.2, 0.25) is 6.29 Å². The molecule has 1 aromatic rings. The Morgan fingerprint density at radius 2 is 2.09 bits per heavy atom. The van der Waals surface area contributed by atoms with Gasteiger partial charge < -0.3 is 5.11 Å². The minimum absolute atomic E-state index is 0.378. The summed E-state index contributed by atoms with van der Waals surface area (Å²) < 4.78 is 0. The second-order valence-corrected chi connectivity index (χ2v) is 2.45. The van der Waals surface area contributed by atoms with Crippen molar-refractivity contribution in [1.29, 1.82) is 0 Å². The molecule has 2 nitrogen and oxygen atoms in total. The average Bonchev–Trinajstić information content (AvgIpc) is 2.04. The number of aliphatic hydroxyl groups is 1. The number of carbonyl (C=O) groups excluding carboxylic acids is 1. The summed E-state index contributed by atoms with van der Waals surface area (Å²) in [6.07, 6.45) is 0.210. The van der Waals surface area contributed by atoms with Crippen molar-refractivity contribution < 1.29 is 9.90 Å². The highest BCUT2D eigenvalue weighted by atomic mass is 35.5. The Morgan fingerprint density at radius 1 is 1.45 bits per heavy atom. The van der Waals surface area contributed by atoms with Gasteiger partial charge in [0.25, 0.3) is 0 Å². The maximum absolute atomic E-state index is 10.0. The summed E-state index contributed by atoms with van der Waals surface area (Å²) >= 11 is 5.66. The molecular weight excluding hydrogens is 164 g/mol. The quantitative estimate of drug-likeness (QED) is 0.728. The van der Waals surface area contributed by atoms with Crippen LogP contribution in [0.4, 0.5) is 0 Å². The van der Waals surface area contributed by atoms with Crippen molar-refractivity contribution >= 4 is 17.9 Å². The second-order valence-electron chi connectivity index (χ2n) is 2.04. The lowest BCUT2D eigenvalue weighted by Crippen LogP contribution is -1.98. The van der Waals surface area contributed by atoms with Crippen LogP contribution in [0.1, 0.15) is 11.7 Å². The van der Waals surface area contributed by atoms with Crippen molar-refractivity contribution in [2.45, 2.75) is 6.10 Å². The predicted molar refractivity (Wildman–Crippen MR) is 42.1 cm³/mol. The fraction of sp³-hybridized carbons (Fsp3) is 0.125. The molecule has 0 unspecified atom stereocenters. The van der Waals surface area contributed by atoms with Crippen molar-refractivity contribution in [2.75, 3.05) is 0 Å². The molecule has 0 aliphatic rings. The zero-order chi connectivity index (χ0) is 8.27. The van der Waals surface area contributed by atoms with Gasteiger partial charge in [-0.1, -0.05) is 29.8 Å². The molecule has 0 saturated heterocycles. The fourth-order valence-electron chi connectivity index (χ4n) is 0.760. The summed E-state index contributed by atoms with van der Waals surface area (Å²) in [5.74, 6) is 0. The molecule has 0 aromatic heterocycles. The molecule has 1 rings (SSSR count). The second kappa shape index (κ2) is 3.51. The van der Waals surface area contributed by atoms with E-state index >= 15 is 0 Å². The summed E-state index contributed by atoms with van der Waals surface area (Å²) in [6.45, 7) is 0. The lowest BCUT2D eigenvalue weighted by molar-refractivity contribution is 0.240. The Labute approximate surface area is 69.4 Å². The van der Waals surface area contributed by atoms with Gasteiger partial charge in [0.05, 0.1) is 0 Å². The molecule has 0 spiro atoms. The number of rotatable bonds is 2. The first-order valence-electron chi connectivity index (χ1n) is 3.06. The Bertz CT molecular complexity index is 260. The van der Waals surface area contributed by atoms with Crippen LogP contribution >= 0.6 is 11.6 Å². The number of hydrogen-bond acceptors (Lipinski definition) is 2. The van der Waals surface area contributed by atoms with Gasteiger partial charge in [-0.15, -0.1) is 0 Å². The molecular formula is C8H6ClO2.